The first-order chi connectivity index (χ1) is 9.95. The molecule has 1 N–H and O–H groups in total. The van der Waals surface area contributed by atoms with Gasteiger partial charge in [0, 0.05) is 23.3 Å². The molecule has 0 saturated heterocycles. The highest BCUT2D eigenvalue weighted by atomic mass is 16.1. The number of amides is 1. The number of fused-ring (bicyclic) bond motifs is 5. The normalized spacial score (nSPS) is 51.9. The van der Waals surface area contributed by atoms with E-state index in [1.165, 1.54) is 6.42 Å². The van der Waals surface area contributed by atoms with E-state index in [9.17, 15) is 9.59 Å². The van der Waals surface area contributed by atoms with Crippen LogP contribution in [0, 0.1) is 28.6 Å². The molecular weight excluding hydrogens is 262 g/mol. The lowest BCUT2D eigenvalue weighted by Crippen LogP contribution is -2.59. The maximum Gasteiger partial charge on any atom is 0.243 e. The molecule has 21 heavy (non-hydrogen) atoms. The summed E-state index contributed by atoms with van der Waals surface area (Å²) in [6, 6.07) is 0.290. The van der Waals surface area contributed by atoms with E-state index < -0.39 is 0 Å². The second-order valence-corrected chi connectivity index (χ2v) is 8.13. The highest BCUT2D eigenvalue weighted by molar-refractivity contribution is 5.89. The van der Waals surface area contributed by atoms with Gasteiger partial charge in [-0.05, 0) is 55.9 Å². The second kappa shape index (κ2) is 4.21. The zero-order valence-electron chi connectivity index (χ0n) is 13.0. The molecule has 6 atom stereocenters. The quantitative estimate of drug-likeness (QED) is 0.744. The van der Waals surface area contributed by atoms with Gasteiger partial charge in [-0.2, -0.15) is 0 Å². The molecule has 0 aromatic carbocycles. The van der Waals surface area contributed by atoms with Crippen LogP contribution in [-0.4, -0.2) is 17.7 Å². The standard InChI is InChI=1S/C18H25NO2/c1-17-10-8-16(21)19-14(17)5-3-11-12-4-6-15(20)18(12,2)9-7-13(11)17/h8,10-14H,3-7,9H2,1-2H3,(H,19,21)/t11-,12-,13+,14?,17+,18-/m0/s1. The highest BCUT2D eigenvalue weighted by Gasteiger charge is 2.59. The first-order valence-electron chi connectivity index (χ1n) is 8.48. The molecule has 0 radical (unpaired) electrons. The van der Waals surface area contributed by atoms with E-state index >= 15 is 0 Å². The number of ketones is 1. The molecule has 3 heteroatoms. The minimum Gasteiger partial charge on any atom is -0.349 e. The van der Waals surface area contributed by atoms with E-state index in [2.05, 4.69) is 25.2 Å². The highest BCUT2D eigenvalue weighted by Crippen LogP contribution is 2.62. The fourth-order valence-electron chi connectivity index (χ4n) is 6.10. The third-order valence-electron chi connectivity index (χ3n) is 7.39. The van der Waals surface area contributed by atoms with Gasteiger partial charge in [0.1, 0.15) is 5.78 Å². The summed E-state index contributed by atoms with van der Waals surface area (Å²) >= 11 is 0. The Hall–Kier alpha value is -1.12. The van der Waals surface area contributed by atoms with Gasteiger partial charge in [-0.1, -0.05) is 19.9 Å². The monoisotopic (exact) mass is 287 g/mol. The Bertz CT molecular complexity index is 539. The Morgan fingerprint density at radius 2 is 1.90 bits per heavy atom. The Kier molecular flexibility index (Phi) is 2.71. The summed E-state index contributed by atoms with van der Waals surface area (Å²) in [6.07, 6.45) is 10.2. The predicted octanol–water partition coefficient (Wildman–Crippen LogP) is 2.85. The van der Waals surface area contributed by atoms with Gasteiger partial charge >= 0.3 is 0 Å². The van der Waals surface area contributed by atoms with Crippen LogP contribution in [0.15, 0.2) is 12.2 Å². The van der Waals surface area contributed by atoms with Gasteiger partial charge in [0.25, 0.3) is 0 Å². The summed E-state index contributed by atoms with van der Waals surface area (Å²) in [5.41, 5.74) is 0.0375. The van der Waals surface area contributed by atoms with Gasteiger partial charge in [0.05, 0.1) is 0 Å². The van der Waals surface area contributed by atoms with E-state index in [4.69, 9.17) is 0 Å². The maximum absolute atomic E-state index is 12.3. The summed E-state index contributed by atoms with van der Waals surface area (Å²) in [4.78, 5) is 24.0. The zero-order valence-corrected chi connectivity index (χ0v) is 13.0. The Balaban J connectivity index is 1.70. The fraction of sp³-hybridized carbons (Fsp3) is 0.778. The molecule has 1 unspecified atom stereocenters. The lowest BCUT2D eigenvalue weighted by molar-refractivity contribution is -0.134. The van der Waals surface area contributed by atoms with E-state index in [1.807, 2.05) is 0 Å². The molecule has 3 saturated carbocycles. The predicted molar refractivity (Wildman–Crippen MR) is 80.5 cm³/mol. The molecule has 3 fully saturated rings. The molecule has 3 nitrogen and oxygen atoms in total. The van der Waals surface area contributed by atoms with Gasteiger partial charge in [0.15, 0.2) is 0 Å². The van der Waals surface area contributed by atoms with E-state index in [0.29, 0.717) is 23.5 Å². The van der Waals surface area contributed by atoms with Gasteiger partial charge < -0.3 is 5.32 Å². The zero-order chi connectivity index (χ0) is 14.8. The van der Waals surface area contributed by atoms with Crippen molar-refractivity contribution >= 4 is 11.7 Å². The molecule has 1 aliphatic heterocycles. The minimum atomic E-state index is -0.0496. The molecule has 114 valence electrons. The first-order valence-corrected chi connectivity index (χ1v) is 8.48. The number of Topliss-reactive ketones (excluding diaryl/α,β-unsaturated/α-hetero) is 1. The molecule has 0 spiro atoms. The van der Waals surface area contributed by atoms with Crippen LogP contribution >= 0.6 is 0 Å². The molecule has 4 rings (SSSR count). The summed E-state index contributed by atoms with van der Waals surface area (Å²) in [5.74, 6) is 2.43. The molecular formula is C18H25NO2. The van der Waals surface area contributed by atoms with Crippen LogP contribution in [0.25, 0.3) is 0 Å². The maximum atomic E-state index is 12.3. The van der Waals surface area contributed by atoms with Crippen molar-refractivity contribution in [1.82, 2.24) is 5.32 Å². The van der Waals surface area contributed by atoms with Crippen LogP contribution < -0.4 is 5.32 Å². The summed E-state index contributed by atoms with van der Waals surface area (Å²) in [6.45, 7) is 4.54. The van der Waals surface area contributed by atoms with Crippen LogP contribution in [0.5, 0.6) is 0 Å². The van der Waals surface area contributed by atoms with Gasteiger partial charge in [0.2, 0.25) is 5.91 Å². The van der Waals surface area contributed by atoms with Crippen LogP contribution in [0.1, 0.15) is 52.4 Å². The van der Waals surface area contributed by atoms with Crippen LogP contribution in [0.3, 0.4) is 0 Å². The number of carbonyl (C=O) groups is 2. The first kappa shape index (κ1) is 13.5. The molecule has 1 heterocycles. The fourth-order valence-corrected chi connectivity index (χ4v) is 6.10. The van der Waals surface area contributed by atoms with E-state index in [0.717, 1.165) is 32.1 Å². The lowest BCUT2D eigenvalue weighted by atomic mass is 9.48. The second-order valence-electron chi connectivity index (χ2n) is 8.13. The third-order valence-corrected chi connectivity index (χ3v) is 7.39. The molecule has 1 amide bonds. The smallest absolute Gasteiger partial charge is 0.243 e. The molecule has 4 aliphatic rings. The van der Waals surface area contributed by atoms with E-state index in [1.54, 1.807) is 6.08 Å². The Morgan fingerprint density at radius 1 is 1.10 bits per heavy atom. The van der Waals surface area contributed by atoms with Crippen LogP contribution in [0.4, 0.5) is 0 Å². The minimum absolute atomic E-state index is 0.0496. The van der Waals surface area contributed by atoms with E-state index in [-0.39, 0.29) is 22.8 Å². The topological polar surface area (TPSA) is 46.2 Å². The van der Waals surface area contributed by atoms with Gasteiger partial charge in [-0.3, -0.25) is 9.59 Å². The number of rotatable bonds is 0. The SMILES string of the molecule is C[C@]12C=CC(=O)NC1CC[C@@H]1[C@H]2CC[C@]2(C)C(=O)CC[C@@H]12. The van der Waals surface area contributed by atoms with Crippen LogP contribution in [-0.2, 0) is 9.59 Å². The molecule has 0 aromatic heterocycles. The summed E-state index contributed by atoms with van der Waals surface area (Å²) in [7, 11) is 0. The molecule has 3 aliphatic carbocycles. The Morgan fingerprint density at radius 3 is 2.71 bits per heavy atom. The van der Waals surface area contributed by atoms with Crippen molar-refractivity contribution in [3.8, 4) is 0 Å². The third kappa shape index (κ3) is 1.66. The Labute approximate surface area is 126 Å². The summed E-state index contributed by atoms with van der Waals surface area (Å²) in [5, 5.41) is 3.18. The van der Waals surface area contributed by atoms with Crippen LogP contribution in [0.2, 0.25) is 0 Å². The van der Waals surface area contributed by atoms with Gasteiger partial charge in [-0.25, -0.2) is 0 Å². The van der Waals surface area contributed by atoms with Crippen molar-refractivity contribution in [2.75, 3.05) is 0 Å². The number of hydrogen-bond acceptors (Lipinski definition) is 2. The average Bonchev–Trinajstić information content (AvgIpc) is 2.76. The van der Waals surface area contributed by atoms with Crippen molar-refractivity contribution in [2.24, 2.45) is 28.6 Å². The lowest BCUT2D eigenvalue weighted by Gasteiger charge is -2.57. The summed E-state index contributed by atoms with van der Waals surface area (Å²) < 4.78 is 0. The number of nitrogens with one attached hydrogen (secondary N) is 1. The van der Waals surface area contributed by atoms with Crippen molar-refractivity contribution < 1.29 is 9.59 Å². The average molecular weight is 287 g/mol. The molecule has 0 bridgehead atoms. The number of carbonyl (C=O) groups excluding carboxylic acids is 2. The largest absolute Gasteiger partial charge is 0.349 e. The van der Waals surface area contributed by atoms with Crippen molar-refractivity contribution in [1.29, 1.82) is 0 Å². The molecule has 0 aromatic rings. The van der Waals surface area contributed by atoms with Crippen molar-refractivity contribution in [3.63, 3.8) is 0 Å². The van der Waals surface area contributed by atoms with Gasteiger partial charge in [-0.15, -0.1) is 0 Å². The van der Waals surface area contributed by atoms with Crippen molar-refractivity contribution in [2.45, 2.75) is 58.4 Å². The van der Waals surface area contributed by atoms with Crippen molar-refractivity contribution in [3.05, 3.63) is 12.2 Å². The number of hydrogen-bond donors (Lipinski definition) is 1.